The Morgan fingerprint density at radius 3 is 2.70 bits per heavy atom. The predicted molar refractivity (Wildman–Crippen MR) is 112 cm³/mol. The monoisotopic (exact) mass is 388 g/mol. The van der Waals surface area contributed by atoms with Crippen LogP contribution in [0.5, 0.6) is 11.5 Å². The first-order valence-corrected chi connectivity index (χ1v) is 10.1. The number of anilines is 1. The maximum Gasteiger partial charge on any atom is 0.250 e. The van der Waals surface area contributed by atoms with Crippen molar-refractivity contribution in [2.45, 2.75) is 46.5 Å². The molecule has 0 aliphatic heterocycles. The third-order valence-electron chi connectivity index (χ3n) is 4.13. The van der Waals surface area contributed by atoms with Gasteiger partial charge >= 0.3 is 0 Å². The Morgan fingerprint density at radius 1 is 1.22 bits per heavy atom. The fourth-order valence-electron chi connectivity index (χ4n) is 2.46. The van der Waals surface area contributed by atoms with Crippen molar-refractivity contribution in [2.24, 2.45) is 0 Å². The van der Waals surface area contributed by atoms with Crippen molar-refractivity contribution in [1.82, 2.24) is 4.98 Å². The average Bonchev–Trinajstić information content (AvgIpc) is 2.97. The quantitative estimate of drug-likeness (QED) is 0.438. The van der Waals surface area contributed by atoms with Crippen LogP contribution in [0, 0.1) is 13.8 Å². The Hall–Kier alpha value is -2.34. The molecule has 6 heteroatoms. The second-order valence-electron chi connectivity index (χ2n) is 6.30. The summed E-state index contributed by atoms with van der Waals surface area (Å²) in [5.74, 6) is 1.18. The summed E-state index contributed by atoms with van der Waals surface area (Å²) < 4.78 is 11.2. The highest BCUT2D eigenvalue weighted by atomic mass is 32.1. The zero-order valence-corrected chi connectivity index (χ0v) is 17.3. The number of amides is 1. The molecule has 0 aliphatic carbocycles. The smallest absolute Gasteiger partial charge is 0.250 e. The van der Waals surface area contributed by atoms with Crippen molar-refractivity contribution in [3.05, 3.63) is 40.4 Å². The molecule has 1 heterocycles. The first-order chi connectivity index (χ1) is 13.0. The molecule has 0 saturated heterocycles. The number of carbonyl (C=O) groups is 1. The highest BCUT2D eigenvalue weighted by Crippen LogP contribution is 2.29. The van der Waals surface area contributed by atoms with Crippen LogP contribution in [0.3, 0.4) is 0 Å². The zero-order valence-electron chi connectivity index (χ0n) is 16.5. The molecule has 0 atom stereocenters. The molecule has 1 amide bonds. The lowest BCUT2D eigenvalue weighted by molar-refractivity contribution is -0.111. The van der Waals surface area contributed by atoms with Crippen LogP contribution in [0.4, 0.5) is 5.13 Å². The second kappa shape index (κ2) is 10.7. The minimum Gasteiger partial charge on any atom is -0.493 e. The number of nitrogens with zero attached hydrogens (tertiary/aromatic N) is 1. The van der Waals surface area contributed by atoms with E-state index < -0.39 is 0 Å². The first kappa shape index (κ1) is 21.0. The molecular formula is C21H28N2O3S. The summed E-state index contributed by atoms with van der Waals surface area (Å²) in [5.41, 5.74) is 1.81. The van der Waals surface area contributed by atoms with Crippen molar-refractivity contribution < 1.29 is 14.3 Å². The Labute approximate surface area is 165 Å². The van der Waals surface area contributed by atoms with Crippen LogP contribution in [0.1, 0.15) is 48.7 Å². The minimum absolute atomic E-state index is 0.209. The van der Waals surface area contributed by atoms with E-state index in [0.29, 0.717) is 17.5 Å². The summed E-state index contributed by atoms with van der Waals surface area (Å²) >= 11 is 1.47. The summed E-state index contributed by atoms with van der Waals surface area (Å²) in [6.07, 6.45) is 7.88. The van der Waals surface area contributed by atoms with E-state index in [9.17, 15) is 4.79 Å². The molecule has 146 valence electrons. The van der Waals surface area contributed by atoms with Gasteiger partial charge in [-0.25, -0.2) is 4.98 Å². The molecule has 0 bridgehead atoms. The molecule has 2 aromatic rings. The predicted octanol–water partition coefficient (Wildman–Crippen LogP) is 5.38. The number of methoxy groups -OCH3 is 1. The lowest BCUT2D eigenvalue weighted by Gasteiger charge is -2.11. The molecule has 27 heavy (non-hydrogen) atoms. The van der Waals surface area contributed by atoms with Gasteiger partial charge in [0, 0.05) is 11.0 Å². The summed E-state index contributed by atoms with van der Waals surface area (Å²) in [6.45, 7) is 6.78. The van der Waals surface area contributed by atoms with Gasteiger partial charge in [-0.15, -0.1) is 11.3 Å². The normalized spacial score (nSPS) is 11.0. The molecule has 1 aromatic heterocycles. The van der Waals surface area contributed by atoms with Gasteiger partial charge in [0.1, 0.15) is 0 Å². The van der Waals surface area contributed by atoms with E-state index in [0.717, 1.165) is 28.3 Å². The highest BCUT2D eigenvalue weighted by molar-refractivity contribution is 7.15. The number of rotatable bonds is 10. The molecule has 0 aliphatic rings. The molecule has 1 N–H and O–H groups in total. The van der Waals surface area contributed by atoms with Gasteiger partial charge in [-0.1, -0.05) is 32.3 Å². The van der Waals surface area contributed by atoms with Gasteiger partial charge in [0.2, 0.25) is 5.91 Å². The van der Waals surface area contributed by atoms with Crippen LogP contribution in [0.25, 0.3) is 6.08 Å². The lowest BCUT2D eigenvalue weighted by Crippen LogP contribution is -2.07. The molecule has 1 aromatic carbocycles. The third kappa shape index (κ3) is 6.71. The summed E-state index contributed by atoms with van der Waals surface area (Å²) in [5, 5.41) is 3.40. The van der Waals surface area contributed by atoms with E-state index in [2.05, 4.69) is 17.2 Å². The van der Waals surface area contributed by atoms with E-state index in [1.807, 2.05) is 32.0 Å². The van der Waals surface area contributed by atoms with E-state index >= 15 is 0 Å². The molecule has 0 unspecified atom stereocenters. The van der Waals surface area contributed by atoms with Gasteiger partial charge in [0.05, 0.1) is 19.4 Å². The van der Waals surface area contributed by atoms with Crippen LogP contribution < -0.4 is 14.8 Å². The molecule has 0 fully saturated rings. The van der Waals surface area contributed by atoms with Crippen molar-refractivity contribution >= 4 is 28.5 Å². The molecule has 2 rings (SSSR count). The summed E-state index contributed by atoms with van der Waals surface area (Å²) in [7, 11) is 1.62. The molecular weight excluding hydrogens is 360 g/mol. The number of aromatic nitrogens is 1. The summed E-state index contributed by atoms with van der Waals surface area (Å²) in [6, 6.07) is 5.65. The summed E-state index contributed by atoms with van der Waals surface area (Å²) in [4.78, 5) is 17.5. The van der Waals surface area contributed by atoms with Crippen molar-refractivity contribution in [1.29, 1.82) is 0 Å². The second-order valence-corrected chi connectivity index (χ2v) is 7.51. The van der Waals surface area contributed by atoms with Crippen LogP contribution in [0.2, 0.25) is 0 Å². The van der Waals surface area contributed by atoms with Crippen LogP contribution in [-0.4, -0.2) is 24.6 Å². The van der Waals surface area contributed by atoms with E-state index in [1.54, 1.807) is 13.2 Å². The number of hydrogen-bond donors (Lipinski definition) is 1. The zero-order chi connectivity index (χ0) is 19.6. The van der Waals surface area contributed by atoms with Gasteiger partial charge in [0.25, 0.3) is 0 Å². The van der Waals surface area contributed by atoms with Crippen LogP contribution >= 0.6 is 11.3 Å². The number of ether oxygens (including phenoxy) is 2. The van der Waals surface area contributed by atoms with Gasteiger partial charge in [0.15, 0.2) is 16.6 Å². The van der Waals surface area contributed by atoms with Crippen molar-refractivity contribution in [3.8, 4) is 11.5 Å². The maximum absolute atomic E-state index is 12.1. The first-order valence-electron chi connectivity index (χ1n) is 9.27. The lowest BCUT2D eigenvalue weighted by atomic mass is 10.2. The fourth-order valence-corrected chi connectivity index (χ4v) is 3.28. The van der Waals surface area contributed by atoms with Crippen LogP contribution in [0.15, 0.2) is 24.3 Å². The number of benzene rings is 1. The standard InChI is InChI=1S/C21H28N2O3S/c1-5-6-7-8-13-26-18-11-9-17(14-19(18)25-4)10-12-20(24)23-21-22-15(2)16(3)27-21/h9-12,14H,5-8,13H2,1-4H3,(H,22,23,24)/b12-10+. The Bertz CT molecular complexity index is 764. The van der Waals surface area contributed by atoms with Gasteiger partial charge in [-0.05, 0) is 44.0 Å². The van der Waals surface area contributed by atoms with Crippen molar-refractivity contribution in [2.75, 3.05) is 19.0 Å². The SMILES string of the molecule is CCCCCCOc1ccc(/C=C/C(=O)Nc2nc(C)c(C)s2)cc1OC. The van der Waals surface area contributed by atoms with E-state index in [1.165, 1.54) is 36.7 Å². The highest BCUT2D eigenvalue weighted by Gasteiger charge is 2.07. The number of carbonyl (C=O) groups excluding carboxylic acids is 1. The number of aryl methyl sites for hydroxylation is 2. The fraction of sp³-hybridized carbons (Fsp3) is 0.429. The van der Waals surface area contributed by atoms with E-state index in [4.69, 9.17) is 9.47 Å². The van der Waals surface area contributed by atoms with Gasteiger partial charge < -0.3 is 9.47 Å². The van der Waals surface area contributed by atoms with Crippen molar-refractivity contribution in [3.63, 3.8) is 0 Å². The van der Waals surface area contributed by atoms with Crippen LogP contribution in [-0.2, 0) is 4.79 Å². The number of nitrogens with one attached hydrogen (secondary N) is 1. The number of unbranched alkanes of at least 4 members (excludes halogenated alkanes) is 3. The number of thiazole rings is 1. The maximum atomic E-state index is 12.1. The Kier molecular flexibility index (Phi) is 8.33. The number of hydrogen-bond acceptors (Lipinski definition) is 5. The topological polar surface area (TPSA) is 60.5 Å². The molecule has 0 radical (unpaired) electrons. The van der Waals surface area contributed by atoms with Gasteiger partial charge in [-0.2, -0.15) is 0 Å². The van der Waals surface area contributed by atoms with Gasteiger partial charge in [-0.3, -0.25) is 10.1 Å². The Balaban J connectivity index is 1.93. The molecule has 0 spiro atoms. The largest absolute Gasteiger partial charge is 0.493 e. The molecule has 5 nitrogen and oxygen atoms in total. The average molecular weight is 389 g/mol. The minimum atomic E-state index is -0.209. The molecule has 0 saturated carbocycles. The Morgan fingerprint density at radius 2 is 2.04 bits per heavy atom. The third-order valence-corrected chi connectivity index (χ3v) is 5.12. The van der Waals surface area contributed by atoms with E-state index in [-0.39, 0.29) is 5.91 Å².